The van der Waals surface area contributed by atoms with E-state index in [1.807, 2.05) is 56.3 Å². The Morgan fingerprint density at radius 3 is 2.44 bits per heavy atom. The van der Waals surface area contributed by atoms with Crippen molar-refractivity contribution in [3.05, 3.63) is 71.7 Å². The molecule has 1 amide bonds. The van der Waals surface area contributed by atoms with Crippen LogP contribution in [-0.2, 0) is 0 Å². The maximum Gasteiger partial charge on any atom is 0.274 e. The second-order valence-corrected chi connectivity index (χ2v) is 6.01. The topological polar surface area (TPSA) is 76.1 Å². The summed E-state index contributed by atoms with van der Waals surface area (Å²) in [5, 5.41) is 6.11. The van der Waals surface area contributed by atoms with E-state index in [0.717, 1.165) is 11.3 Å². The van der Waals surface area contributed by atoms with Gasteiger partial charge in [0, 0.05) is 11.8 Å². The molecule has 0 atom stereocenters. The van der Waals surface area contributed by atoms with Crippen LogP contribution in [0.2, 0.25) is 0 Å². The van der Waals surface area contributed by atoms with Crippen LogP contribution in [0, 0.1) is 13.8 Å². The van der Waals surface area contributed by atoms with Crippen LogP contribution in [0.1, 0.15) is 28.8 Å². The normalized spacial score (nSPS) is 10.3. The minimum atomic E-state index is -0.319. The Bertz CT molecular complexity index is 956. The van der Waals surface area contributed by atoms with Gasteiger partial charge in [-0.3, -0.25) is 4.79 Å². The molecule has 0 spiro atoms. The summed E-state index contributed by atoms with van der Waals surface area (Å²) in [6.07, 6.45) is 0. The summed E-state index contributed by atoms with van der Waals surface area (Å²) in [6.45, 7) is 6.18. The summed E-state index contributed by atoms with van der Waals surface area (Å²) < 4.78 is 5.55. The fourth-order valence-electron chi connectivity index (χ4n) is 2.64. The third-order valence-corrected chi connectivity index (χ3v) is 3.91. The van der Waals surface area contributed by atoms with Gasteiger partial charge in [0.05, 0.1) is 12.3 Å². The lowest BCUT2D eigenvalue weighted by Gasteiger charge is -2.12. The molecule has 1 aromatic heterocycles. The van der Waals surface area contributed by atoms with E-state index in [1.54, 1.807) is 19.1 Å². The average Bonchev–Trinajstić information content (AvgIpc) is 2.65. The highest BCUT2D eigenvalue weighted by Crippen LogP contribution is 2.25. The number of nitrogens with zero attached hydrogens (tertiary/aromatic N) is 2. The highest BCUT2D eigenvalue weighted by molar-refractivity contribution is 6.04. The molecule has 0 bridgehead atoms. The van der Waals surface area contributed by atoms with Crippen molar-refractivity contribution < 1.29 is 9.53 Å². The van der Waals surface area contributed by atoms with Gasteiger partial charge in [-0.1, -0.05) is 30.3 Å². The lowest BCUT2D eigenvalue weighted by molar-refractivity contribution is 0.102. The number of hydrogen-bond acceptors (Lipinski definition) is 5. The minimum absolute atomic E-state index is 0.282. The van der Waals surface area contributed by atoms with E-state index < -0.39 is 0 Å². The highest BCUT2D eigenvalue weighted by atomic mass is 16.5. The van der Waals surface area contributed by atoms with E-state index in [0.29, 0.717) is 29.7 Å². The van der Waals surface area contributed by atoms with Gasteiger partial charge in [-0.15, -0.1) is 0 Å². The molecule has 6 nitrogen and oxygen atoms in total. The SMILES string of the molecule is CCOc1ccccc1NC(=O)c1cc(Nc2ccccc2C)nc(C)n1. The van der Waals surface area contributed by atoms with E-state index in [1.165, 1.54) is 0 Å². The molecule has 2 aromatic carbocycles. The predicted octanol–water partition coefficient (Wildman–Crippen LogP) is 4.49. The van der Waals surface area contributed by atoms with Crippen molar-refractivity contribution in [2.75, 3.05) is 17.2 Å². The zero-order valence-electron chi connectivity index (χ0n) is 15.6. The Morgan fingerprint density at radius 1 is 1.00 bits per heavy atom. The molecule has 1 heterocycles. The molecule has 0 fully saturated rings. The highest BCUT2D eigenvalue weighted by Gasteiger charge is 2.13. The number of anilines is 3. The molecule has 138 valence electrons. The van der Waals surface area contributed by atoms with Crippen molar-refractivity contribution in [1.82, 2.24) is 9.97 Å². The van der Waals surface area contributed by atoms with Crippen LogP contribution in [0.5, 0.6) is 5.75 Å². The maximum atomic E-state index is 12.7. The Balaban J connectivity index is 1.83. The van der Waals surface area contributed by atoms with Crippen molar-refractivity contribution in [3.63, 3.8) is 0 Å². The van der Waals surface area contributed by atoms with Crippen molar-refractivity contribution in [2.45, 2.75) is 20.8 Å². The number of para-hydroxylation sites is 3. The van der Waals surface area contributed by atoms with E-state index in [-0.39, 0.29) is 11.6 Å². The molecule has 0 aliphatic carbocycles. The number of carbonyl (C=O) groups is 1. The minimum Gasteiger partial charge on any atom is -0.492 e. The van der Waals surface area contributed by atoms with Gasteiger partial charge in [0.1, 0.15) is 23.1 Å². The number of carbonyl (C=O) groups excluding carboxylic acids is 1. The summed E-state index contributed by atoms with van der Waals surface area (Å²) >= 11 is 0. The molecule has 0 radical (unpaired) electrons. The lowest BCUT2D eigenvalue weighted by Crippen LogP contribution is -2.16. The number of benzene rings is 2. The largest absolute Gasteiger partial charge is 0.492 e. The van der Waals surface area contributed by atoms with Crippen LogP contribution in [0.4, 0.5) is 17.2 Å². The molecule has 0 saturated carbocycles. The third-order valence-electron chi connectivity index (χ3n) is 3.91. The smallest absolute Gasteiger partial charge is 0.274 e. The Labute approximate surface area is 158 Å². The average molecular weight is 362 g/mol. The molecule has 27 heavy (non-hydrogen) atoms. The molecule has 0 aliphatic rings. The number of aryl methyl sites for hydroxylation is 2. The third kappa shape index (κ3) is 4.61. The number of hydrogen-bond donors (Lipinski definition) is 2. The molecule has 0 unspecified atom stereocenters. The monoisotopic (exact) mass is 362 g/mol. The van der Waals surface area contributed by atoms with Gasteiger partial charge in [0.2, 0.25) is 0 Å². The van der Waals surface area contributed by atoms with E-state index >= 15 is 0 Å². The van der Waals surface area contributed by atoms with Crippen molar-refractivity contribution in [2.24, 2.45) is 0 Å². The molecule has 2 N–H and O–H groups in total. The van der Waals surface area contributed by atoms with Crippen molar-refractivity contribution >= 4 is 23.1 Å². The van der Waals surface area contributed by atoms with Gasteiger partial charge >= 0.3 is 0 Å². The number of rotatable bonds is 6. The van der Waals surface area contributed by atoms with Crippen LogP contribution < -0.4 is 15.4 Å². The molecule has 3 aromatic rings. The van der Waals surface area contributed by atoms with Crippen LogP contribution in [0.25, 0.3) is 0 Å². The van der Waals surface area contributed by atoms with E-state index in [4.69, 9.17) is 4.74 Å². The summed E-state index contributed by atoms with van der Waals surface area (Å²) in [5.74, 6) is 1.38. The fraction of sp³-hybridized carbons (Fsp3) is 0.190. The molecule has 6 heteroatoms. The molecule has 3 rings (SSSR count). The van der Waals surface area contributed by atoms with Crippen molar-refractivity contribution in [3.8, 4) is 5.75 Å². The molecule has 0 saturated heterocycles. The summed E-state index contributed by atoms with van der Waals surface area (Å²) in [4.78, 5) is 21.4. The van der Waals surface area contributed by atoms with Crippen LogP contribution >= 0.6 is 0 Å². The van der Waals surface area contributed by atoms with E-state index in [9.17, 15) is 4.79 Å². The summed E-state index contributed by atoms with van der Waals surface area (Å²) in [7, 11) is 0. The van der Waals surface area contributed by atoms with E-state index in [2.05, 4.69) is 20.6 Å². The Kier molecular flexibility index (Phi) is 5.66. The van der Waals surface area contributed by atoms with Gasteiger partial charge < -0.3 is 15.4 Å². The number of nitrogens with one attached hydrogen (secondary N) is 2. The fourth-order valence-corrected chi connectivity index (χ4v) is 2.64. The van der Waals surface area contributed by atoms with Crippen LogP contribution in [-0.4, -0.2) is 22.5 Å². The van der Waals surface area contributed by atoms with Gasteiger partial charge in [-0.2, -0.15) is 0 Å². The van der Waals surface area contributed by atoms with Gasteiger partial charge in [-0.25, -0.2) is 9.97 Å². The van der Waals surface area contributed by atoms with Gasteiger partial charge in [0.25, 0.3) is 5.91 Å². The standard InChI is InChI=1S/C21H22N4O2/c1-4-27-19-12-8-7-11-17(19)25-21(26)18-13-20(23-15(3)22-18)24-16-10-6-5-9-14(16)2/h5-13H,4H2,1-3H3,(H,25,26)(H,22,23,24). The Hall–Kier alpha value is -3.41. The van der Waals surface area contributed by atoms with Gasteiger partial charge in [-0.05, 0) is 44.5 Å². The van der Waals surface area contributed by atoms with Crippen LogP contribution in [0.3, 0.4) is 0 Å². The second kappa shape index (κ2) is 8.31. The number of aromatic nitrogens is 2. The van der Waals surface area contributed by atoms with Gasteiger partial charge in [0.15, 0.2) is 0 Å². The second-order valence-electron chi connectivity index (χ2n) is 6.01. The zero-order valence-corrected chi connectivity index (χ0v) is 15.6. The van der Waals surface area contributed by atoms with Crippen molar-refractivity contribution in [1.29, 1.82) is 0 Å². The first kappa shape index (κ1) is 18.4. The molecule has 0 aliphatic heterocycles. The first-order chi connectivity index (χ1) is 13.1. The molecular weight excluding hydrogens is 340 g/mol. The first-order valence-electron chi connectivity index (χ1n) is 8.78. The predicted molar refractivity (Wildman–Crippen MR) is 107 cm³/mol. The Morgan fingerprint density at radius 2 is 1.70 bits per heavy atom. The maximum absolute atomic E-state index is 12.7. The number of amides is 1. The number of ether oxygens (including phenoxy) is 1. The summed E-state index contributed by atoms with van der Waals surface area (Å²) in [5.41, 5.74) is 2.91. The van der Waals surface area contributed by atoms with Crippen LogP contribution in [0.15, 0.2) is 54.6 Å². The lowest BCUT2D eigenvalue weighted by atomic mass is 10.2. The molecular formula is C21H22N4O2. The quantitative estimate of drug-likeness (QED) is 0.676. The summed E-state index contributed by atoms with van der Waals surface area (Å²) in [6, 6.07) is 16.8. The zero-order chi connectivity index (χ0) is 19.2. The first-order valence-corrected chi connectivity index (χ1v) is 8.78.